The molecule has 2 aromatic carbocycles. The van der Waals surface area contributed by atoms with E-state index in [1.165, 1.54) is 6.07 Å². The van der Waals surface area contributed by atoms with Crippen molar-refractivity contribution in [2.45, 2.75) is 13.5 Å². The molecule has 2 aromatic heterocycles. The molecule has 0 aliphatic heterocycles. The molecule has 4 rings (SSSR count). The molecular weight excluding hydrogens is 445 g/mol. The summed E-state index contributed by atoms with van der Waals surface area (Å²) >= 11 is 12.2. The predicted molar refractivity (Wildman–Crippen MR) is 129 cm³/mol. The maximum Gasteiger partial charge on any atom is 0.261 e. The minimum Gasteiger partial charge on any atom is -0.340 e. The summed E-state index contributed by atoms with van der Waals surface area (Å²) < 4.78 is 1.95. The van der Waals surface area contributed by atoms with E-state index in [0.717, 1.165) is 11.3 Å². The smallest absolute Gasteiger partial charge is 0.261 e. The number of aryl methyl sites for hydroxylation is 1. The van der Waals surface area contributed by atoms with Crippen LogP contribution < -0.4 is 10.7 Å². The first-order chi connectivity index (χ1) is 15.4. The number of carbonyl (C=O) groups is 1. The first-order valence-corrected chi connectivity index (χ1v) is 10.6. The van der Waals surface area contributed by atoms with Gasteiger partial charge in [0.25, 0.3) is 5.91 Å². The Morgan fingerprint density at radius 2 is 1.69 bits per heavy atom. The zero-order valence-corrected chi connectivity index (χ0v) is 18.7. The van der Waals surface area contributed by atoms with E-state index in [1.807, 2.05) is 35.8 Å². The third-order valence-corrected chi connectivity index (χ3v) is 5.66. The van der Waals surface area contributed by atoms with Crippen LogP contribution in [0.3, 0.4) is 0 Å². The van der Waals surface area contributed by atoms with Gasteiger partial charge >= 0.3 is 0 Å². The summed E-state index contributed by atoms with van der Waals surface area (Å²) in [7, 11) is 0. The fraction of sp³-hybridized carbons (Fsp3) is 0.0800. The number of rotatable bonds is 5. The molecular formula is C25H19Cl2N3O2. The second-order valence-corrected chi connectivity index (χ2v) is 8.10. The standard InChI is InChI=1S/C25H19Cl2N3O2/c1-16-14-22(31)23(25(32)29-21-5-3-2-4-20(21)27)24(18-10-12-28-13-11-18)30(16)15-17-6-8-19(26)9-7-17/h2-14H,15H2,1H3,(H,29,32). The number of amides is 1. The van der Waals surface area contributed by atoms with E-state index in [-0.39, 0.29) is 11.0 Å². The maximum absolute atomic E-state index is 13.3. The van der Waals surface area contributed by atoms with Gasteiger partial charge in [-0.3, -0.25) is 14.6 Å². The third kappa shape index (κ3) is 4.59. The summed E-state index contributed by atoms with van der Waals surface area (Å²) in [4.78, 5) is 30.5. The molecule has 32 heavy (non-hydrogen) atoms. The van der Waals surface area contributed by atoms with Gasteiger partial charge in [0.2, 0.25) is 0 Å². The van der Waals surface area contributed by atoms with E-state index in [1.54, 1.807) is 48.8 Å². The van der Waals surface area contributed by atoms with Gasteiger partial charge in [-0.2, -0.15) is 0 Å². The number of nitrogens with zero attached hydrogens (tertiary/aromatic N) is 2. The van der Waals surface area contributed by atoms with Crippen LogP contribution in [0.1, 0.15) is 21.6 Å². The highest BCUT2D eigenvalue weighted by atomic mass is 35.5. The molecule has 1 amide bonds. The predicted octanol–water partition coefficient (Wildman–Crippen LogP) is 5.83. The van der Waals surface area contributed by atoms with Crippen LogP contribution in [0.5, 0.6) is 0 Å². The number of para-hydroxylation sites is 1. The van der Waals surface area contributed by atoms with E-state index in [0.29, 0.717) is 33.5 Å². The largest absolute Gasteiger partial charge is 0.340 e. The van der Waals surface area contributed by atoms with E-state index < -0.39 is 5.91 Å². The number of anilines is 1. The molecule has 0 aliphatic carbocycles. The van der Waals surface area contributed by atoms with Crippen LogP contribution in [0.4, 0.5) is 5.69 Å². The van der Waals surface area contributed by atoms with Crippen molar-refractivity contribution >= 4 is 34.8 Å². The van der Waals surface area contributed by atoms with Crippen LogP contribution in [0, 0.1) is 6.92 Å². The Labute approximate surface area is 195 Å². The van der Waals surface area contributed by atoms with Crippen molar-refractivity contribution in [3.05, 3.63) is 116 Å². The van der Waals surface area contributed by atoms with Crippen molar-refractivity contribution in [1.29, 1.82) is 0 Å². The van der Waals surface area contributed by atoms with E-state index in [2.05, 4.69) is 10.3 Å². The molecule has 0 bridgehead atoms. The number of hydrogen-bond donors (Lipinski definition) is 1. The monoisotopic (exact) mass is 463 g/mol. The Morgan fingerprint density at radius 1 is 1.00 bits per heavy atom. The van der Waals surface area contributed by atoms with Gasteiger partial charge in [0.05, 0.1) is 16.4 Å². The van der Waals surface area contributed by atoms with E-state index in [9.17, 15) is 9.59 Å². The minimum atomic E-state index is -0.528. The average molecular weight is 464 g/mol. The second kappa shape index (κ2) is 9.39. The number of hydrogen-bond acceptors (Lipinski definition) is 3. The van der Waals surface area contributed by atoms with Crippen LogP contribution in [0.2, 0.25) is 10.0 Å². The highest BCUT2D eigenvalue weighted by molar-refractivity contribution is 6.34. The normalized spacial score (nSPS) is 10.7. The first-order valence-electron chi connectivity index (χ1n) is 9.89. The highest BCUT2D eigenvalue weighted by Crippen LogP contribution is 2.27. The lowest BCUT2D eigenvalue weighted by molar-refractivity contribution is 0.102. The lowest BCUT2D eigenvalue weighted by Crippen LogP contribution is -2.27. The Morgan fingerprint density at radius 3 is 2.38 bits per heavy atom. The van der Waals surface area contributed by atoms with E-state index >= 15 is 0 Å². The molecule has 0 atom stereocenters. The van der Waals surface area contributed by atoms with Crippen molar-refractivity contribution in [1.82, 2.24) is 9.55 Å². The first kappa shape index (κ1) is 21.8. The molecule has 160 valence electrons. The maximum atomic E-state index is 13.3. The van der Waals surface area contributed by atoms with Gasteiger partial charge in [0, 0.05) is 41.3 Å². The van der Waals surface area contributed by atoms with Crippen LogP contribution >= 0.6 is 23.2 Å². The number of benzene rings is 2. The molecule has 5 nitrogen and oxygen atoms in total. The third-order valence-electron chi connectivity index (χ3n) is 5.08. The van der Waals surface area contributed by atoms with Gasteiger partial charge in [-0.25, -0.2) is 0 Å². The molecule has 0 radical (unpaired) electrons. The highest BCUT2D eigenvalue weighted by Gasteiger charge is 2.22. The van der Waals surface area contributed by atoms with Crippen LogP contribution in [-0.2, 0) is 6.54 Å². The fourth-order valence-electron chi connectivity index (χ4n) is 3.52. The number of pyridine rings is 2. The lowest BCUT2D eigenvalue weighted by Gasteiger charge is -2.20. The summed E-state index contributed by atoms with van der Waals surface area (Å²) in [5, 5.41) is 3.81. The van der Waals surface area contributed by atoms with Gasteiger partial charge in [0.1, 0.15) is 5.56 Å². The van der Waals surface area contributed by atoms with Crippen molar-refractivity contribution in [3.8, 4) is 11.3 Å². The van der Waals surface area contributed by atoms with Gasteiger partial charge in [-0.1, -0.05) is 47.5 Å². The number of nitrogens with one attached hydrogen (secondary N) is 1. The molecule has 0 unspecified atom stereocenters. The summed E-state index contributed by atoms with van der Waals surface area (Å²) in [5.74, 6) is -0.528. The van der Waals surface area contributed by atoms with Crippen LogP contribution in [0.15, 0.2) is 83.9 Å². The van der Waals surface area contributed by atoms with Gasteiger partial charge in [-0.15, -0.1) is 0 Å². The molecule has 4 aromatic rings. The average Bonchev–Trinajstić information content (AvgIpc) is 2.78. The summed E-state index contributed by atoms with van der Waals surface area (Å²) in [6.07, 6.45) is 3.26. The van der Waals surface area contributed by atoms with Crippen LogP contribution in [0.25, 0.3) is 11.3 Å². The Kier molecular flexibility index (Phi) is 6.40. The number of carbonyl (C=O) groups excluding carboxylic acids is 1. The van der Waals surface area contributed by atoms with Gasteiger partial charge in [-0.05, 0) is 48.9 Å². The summed E-state index contributed by atoms with van der Waals surface area (Å²) in [6, 6.07) is 19.4. The summed E-state index contributed by atoms with van der Waals surface area (Å²) in [6.45, 7) is 2.30. The Bertz CT molecular complexity index is 1330. The minimum absolute atomic E-state index is 0.0377. The van der Waals surface area contributed by atoms with Gasteiger partial charge in [0.15, 0.2) is 5.43 Å². The van der Waals surface area contributed by atoms with Crippen molar-refractivity contribution in [3.63, 3.8) is 0 Å². The molecule has 7 heteroatoms. The SMILES string of the molecule is Cc1cc(=O)c(C(=O)Nc2ccccc2Cl)c(-c2ccncc2)n1Cc1ccc(Cl)cc1. The van der Waals surface area contributed by atoms with Crippen molar-refractivity contribution in [2.24, 2.45) is 0 Å². The molecule has 0 saturated heterocycles. The molecule has 1 N–H and O–H groups in total. The molecule has 0 fully saturated rings. The Balaban J connectivity index is 1.89. The van der Waals surface area contributed by atoms with Crippen molar-refractivity contribution in [2.75, 3.05) is 5.32 Å². The second-order valence-electron chi connectivity index (χ2n) is 7.26. The number of aromatic nitrogens is 2. The zero-order chi connectivity index (χ0) is 22.7. The van der Waals surface area contributed by atoms with E-state index in [4.69, 9.17) is 23.2 Å². The van der Waals surface area contributed by atoms with Gasteiger partial charge < -0.3 is 9.88 Å². The molecule has 2 heterocycles. The fourth-order valence-corrected chi connectivity index (χ4v) is 3.83. The number of halogens is 2. The zero-order valence-electron chi connectivity index (χ0n) is 17.2. The van der Waals surface area contributed by atoms with Crippen molar-refractivity contribution < 1.29 is 4.79 Å². The summed E-state index contributed by atoms with van der Waals surface area (Å²) in [5.41, 5.74) is 3.03. The lowest BCUT2D eigenvalue weighted by atomic mass is 10.0. The van der Waals surface area contributed by atoms with Crippen LogP contribution in [-0.4, -0.2) is 15.5 Å². The Hall–Kier alpha value is -3.41. The molecule has 0 saturated carbocycles. The molecule has 0 spiro atoms. The topological polar surface area (TPSA) is 64.0 Å². The molecule has 0 aliphatic rings. The quantitative estimate of drug-likeness (QED) is 0.405.